The van der Waals surface area contributed by atoms with Gasteiger partial charge in [-0.25, -0.2) is 8.42 Å². The molecular formula is C32H33N3O4S. The summed E-state index contributed by atoms with van der Waals surface area (Å²) < 4.78 is 28.8. The van der Waals surface area contributed by atoms with Gasteiger partial charge in [0.2, 0.25) is 11.8 Å². The molecule has 1 atom stereocenters. The van der Waals surface area contributed by atoms with Crippen LogP contribution < -0.4 is 9.62 Å². The third-order valence-corrected chi connectivity index (χ3v) is 8.26. The van der Waals surface area contributed by atoms with Gasteiger partial charge in [0.05, 0.1) is 10.6 Å². The summed E-state index contributed by atoms with van der Waals surface area (Å²) in [6.45, 7) is 1.89. The van der Waals surface area contributed by atoms with Crippen LogP contribution in [0.4, 0.5) is 5.69 Å². The number of para-hydroxylation sites is 1. The Bertz CT molecular complexity index is 1480. The first-order valence-corrected chi connectivity index (χ1v) is 14.6. The van der Waals surface area contributed by atoms with E-state index in [0.717, 1.165) is 15.4 Å². The number of anilines is 1. The van der Waals surface area contributed by atoms with E-state index >= 15 is 0 Å². The molecular weight excluding hydrogens is 522 g/mol. The van der Waals surface area contributed by atoms with Crippen LogP contribution in [0.3, 0.4) is 0 Å². The molecule has 0 saturated heterocycles. The molecule has 0 bridgehead atoms. The summed E-state index contributed by atoms with van der Waals surface area (Å²) in [5, 5.41) is 2.86. The van der Waals surface area contributed by atoms with Crippen LogP contribution >= 0.6 is 0 Å². The van der Waals surface area contributed by atoms with E-state index in [2.05, 4.69) is 5.32 Å². The average molecular weight is 556 g/mol. The number of hydrogen-bond acceptors (Lipinski definition) is 4. The van der Waals surface area contributed by atoms with Crippen molar-refractivity contribution in [1.82, 2.24) is 10.2 Å². The molecule has 1 unspecified atom stereocenters. The molecule has 206 valence electrons. The minimum absolute atomic E-state index is 0.0748. The van der Waals surface area contributed by atoms with Gasteiger partial charge in [-0.15, -0.1) is 0 Å². The maximum Gasteiger partial charge on any atom is 0.264 e. The summed E-state index contributed by atoms with van der Waals surface area (Å²) >= 11 is 0. The molecule has 8 heteroatoms. The van der Waals surface area contributed by atoms with Gasteiger partial charge in [0.1, 0.15) is 12.6 Å². The van der Waals surface area contributed by atoms with Crippen LogP contribution in [0.25, 0.3) is 0 Å². The largest absolute Gasteiger partial charge is 0.355 e. The van der Waals surface area contributed by atoms with Gasteiger partial charge in [0.15, 0.2) is 0 Å². The van der Waals surface area contributed by atoms with E-state index in [1.807, 2.05) is 67.6 Å². The molecule has 7 nitrogen and oxygen atoms in total. The second kappa shape index (κ2) is 13.6. The van der Waals surface area contributed by atoms with Gasteiger partial charge in [-0.1, -0.05) is 97.1 Å². The van der Waals surface area contributed by atoms with Crippen molar-refractivity contribution in [3.05, 3.63) is 132 Å². The highest BCUT2D eigenvalue weighted by atomic mass is 32.2. The number of hydrogen-bond donors (Lipinski definition) is 1. The fourth-order valence-electron chi connectivity index (χ4n) is 4.47. The molecule has 2 amide bonds. The quantitative estimate of drug-likeness (QED) is 0.276. The number of carbonyl (C=O) groups excluding carboxylic acids is 2. The third-order valence-electron chi connectivity index (χ3n) is 6.47. The predicted octanol–water partition coefficient (Wildman–Crippen LogP) is 4.66. The summed E-state index contributed by atoms with van der Waals surface area (Å²) in [6, 6.07) is 34.6. The molecule has 0 aliphatic heterocycles. The SMILES string of the molecule is CCNC(=O)C(Cc1ccccc1)N(Cc1ccccc1)C(=O)CN(c1ccccc1)S(=O)(=O)c1ccccc1. The highest BCUT2D eigenvalue weighted by Gasteiger charge is 2.34. The standard InChI is InChI=1S/C32H33N3O4S/c1-2-33-32(37)30(23-26-15-7-3-8-16-26)34(24-27-17-9-4-10-18-27)31(36)25-35(28-19-11-5-12-20-28)40(38,39)29-21-13-6-14-22-29/h3-22,30H,2,23-25H2,1H3,(H,33,37). The smallest absolute Gasteiger partial charge is 0.264 e. The molecule has 0 fully saturated rings. The lowest BCUT2D eigenvalue weighted by molar-refractivity contribution is -0.140. The highest BCUT2D eigenvalue weighted by molar-refractivity contribution is 7.92. The molecule has 4 aromatic rings. The number of benzene rings is 4. The van der Waals surface area contributed by atoms with E-state index < -0.39 is 28.5 Å². The Morgan fingerprint density at radius 1 is 0.725 bits per heavy atom. The number of rotatable bonds is 12. The van der Waals surface area contributed by atoms with Crippen molar-refractivity contribution in [1.29, 1.82) is 0 Å². The average Bonchev–Trinajstić information content (AvgIpc) is 2.99. The van der Waals surface area contributed by atoms with Gasteiger partial charge in [-0.05, 0) is 42.3 Å². The Kier molecular flexibility index (Phi) is 9.70. The van der Waals surface area contributed by atoms with E-state index in [4.69, 9.17) is 0 Å². The summed E-state index contributed by atoms with van der Waals surface area (Å²) in [5.74, 6) is -0.785. The number of nitrogens with one attached hydrogen (secondary N) is 1. The Morgan fingerprint density at radius 3 is 1.77 bits per heavy atom. The Balaban J connectivity index is 1.76. The lowest BCUT2D eigenvalue weighted by atomic mass is 10.0. The zero-order valence-electron chi connectivity index (χ0n) is 22.4. The summed E-state index contributed by atoms with van der Waals surface area (Å²) in [7, 11) is -4.09. The van der Waals surface area contributed by atoms with E-state index in [0.29, 0.717) is 12.2 Å². The van der Waals surface area contributed by atoms with Crippen molar-refractivity contribution in [3.63, 3.8) is 0 Å². The Labute approximate surface area is 236 Å². The first-order valence-electron chi connectivity index (χ1n) is 13.2. The van der Waals surface area contributed by atoms with Gasteiger partial charge in [-0.2, -0.15) is 0 Å². The van der Waals surface area contributed by atoms with Crippen LogP contribution in [-0.2, 0) is 32.6 Å². The summed E-state index contributed by atoms with van der Waals surface area (Å²) in [4.78, 5) is 29.2. The topological polar surface area (TPSA) is 86.8 Å². The van der Waals surface area contributed by atoms with Crippen molar-refractivity contribution in [2.45, 2.75) is 30.8 Å². The molecule has 40 heavy (non-hydrogen) atoms. The van der Waals surface area contributed by atoms with Crippen LogP contribution in [0.15, 0.2) is 126 Å². The number of amides is 2. The van der Waals surface area contributed by atoms with Crippen LogP contribution in [0.5, 0.6) is 0 Å². The van der Waals surface area contributed by atoms with Gasteiger partial charge in [0.25, 0.3) is 10.0 Å². The molecule has 0 spiro atoms. The zero-order chi connectivity index (χ0) is 28.4. The normalized spacial score (nSPS) is 11.8. The summed E-state index contributed by atoms with van der Waals surface area (Å²) in [5.41, 5.74) is 2.08. The second-order valence-corrected chi connectivity index (χ2v) is 11.1. The van der Waals surface area contributed by atoms with E-state index in [1.165, 1.54) is 17.0 Å². The van der Waals surface area contributed by atoms with Crippen LogP contribution in [0, 0.1) is 0 Å². The van der Waals surface area contributed by atoms with Gasteiger partial charge in [0, 0.05) is 19.5 Å². The number of nitrogens with zero attached hydrogens (tertiary/aromatic N) is 2. The Hall–Kier alpha value is -4.43. The van der Waals surface area contributed by atoms with Crippen molar-refractivity contribution in [2.75, 3.05) is 17.4 Å². The second-order valence-electron chi connectivity index (χ2n) is 9.27. The number of sulfonamides is 1. The van der Waals surface area contributed by atoms with Crippen LogP contribution in [-0.4, -0.2) is 44.3 Å². The van der Waals surface area contributed by atoms with Crippen molar-refractivity contribution < 1.29 is 18.0 Å². The van der Waals surface area contributed by atoms with Crippen molar-refractivity contribution >= 4 is 27.5 Å². The molecule has 4 aromatic carbocycles. The molecule has 0 aliphatic carbocycles. The molecule has 0 radical (unpaired) electrons. The lowest BCUT2D eigenvalue weighted by Crippen LogP contribution is -2.53. The van der Waals surface area contributed by atoms with Crippen LogP contribution in [0.1, 0.15) is 18.1 Å². The molecule has 0 heterocycles. The Morgan fingerprint density at radius 2 is 1.23 bits per heavy atom. The van der Waals surface area contributed by atoms with E-state index in [9.17, 15) is 18.0 Å². The van der Waals surface area contributed by atoms with Gasteiger partial charge in [-0.3, -0.25) is 13.9 Å². The predicted molar refractivity (Wildman–Crippen MR) is 157 cm³/mol. The maximum absolute atomic E-state index is 14.2. The van der Waals surface area contributed by atoms with Gasteiger partial charge < -0.3 is 10.2 Å². The monoisotopic (exact) mass is 555 g/mol. The van der Waals surface area contributed by atoms with Gasteiger partial charge >= 0.3 is 0 Å². The van der Waals surface area contributed by atoms with Crippen molar-refractivity contribution in [3.8, 4) is 0 Å². The fourth-order valence-corrected chi connectivity index (χ4v) is 5.90. The molecule has 0 aromatic heterocycles. The summed E-state index contributed by atoms with van der Waals surface area (Å²) in [6.07, 6.45) is 0.280. The fraction of sp³-hybridized carbons (Fsp3) is 0.188. The maximum atomic E-state index is 14.2. The highest BCUT2D eigenvalue weighted by Crippen LogP contribution is 2.24. The van der Waals surface area contributed by atoms with E-state index in [-0.39, 0.29) is 23.8 Å². The zero-order valence-corrected chi connectivity index (χ0v) is 23.2. The lowest BCUT2D eigenvalue weighted by Gasteiger charge is -2.33. The molecule has 0 aliphatic rings. The van der Waals surface area contributed by atoms with E-state index in [1.54, 1.807) is 48.5 Å². The number of carbonyl (C=O) groups is 2. The third kappa shape index (κ3) is 7.15. The minimum Gasteiger partial charge on any atom is -0.355 e. The molecule has 1 N–H and O–H groups in total. The minimum atomic E-state index is -4.09. The number of likely N-dealkylation sites (N-methyl/N-ethyl adjacent to an activating group) is 1. The van der Waals surface area contributed by atoms with Crippen molar-refractivity contribution in [2.24, 2.45) is 0 Å². The first-order chi connectivity index (χ1) is 19.4. The molecule has 4 rings (SSSR count). The first kappa shape index (κ1) is 28.6. The van der Waals surface area contributed by atoms with Crippen LogP contribution in [0.2, 0.25) is 0 Å². The molecule has 0 saturated carbocycles.